The van der Waals surface area contributed by atoms with Gasteiger partial charge < -0.3 is 10.2 Å². The number of aromatic nitrogens is 2. The maximum Gasteiger partial charge on any atom is 0.263 e. The molecule has 1 aliphatic rings. The Labute approximate surface area is 132 Å². The summed E-state index contributed by atoms with van der Waals surface area (Å²) in [6.45, 7) is 5.49. The van der Waals surface area contributed by atoms with E-state index in [9.17, 15) is 4.79 Å². The zero-order valence-electron chi connectivity index (χ0n) is 12.1. The van der Waals surface area contributed by atoms with Crippen LogP contribution in [-0.2, 0) is 0 Å². The Morgan fingerprint density at radius 3 is 3.05 bits per heavy atom. The van der Waals surface area contributed by atoms with Gasteiger partial charge in [-0.3, -0.25) is 4.79 Å². The monoisotopic (exact) mass is 322 g/mol. The molecule has 0 aromatic carbocycles. The van der Waals surface area contributed by atoms with E-state index in [0.29, 0.717) is 12.6 Å². The van der Waals surface area contributed by atoms with Gasteiger partial charge in [0, 0.05) is 30.7 Å². The molecule has 0 bridgehead atoms. The lowest BCUT2D eigenvalue weighted by Gasteiger charge is -2.24. The average Bonchev–Trinajstić information content (AvgIpc) is 3.15. The van der Waals surface area contributed by atoms with Crippen LogP contribution in [0.4, 0.5) is 5.13 Å². The van der Waals surface area contributed by atoms with Crippen molar-refractivity contribution in [1.82, 2.24) is 15.3 Å². The van der Waals surface area contributed by atoms with Crippen molar-refractivity contribution in [2.24, 2.45) is 0 Å². The summed E-state index contributed by atoms with van der Waals surface area (Å²) < 4.78 is 0. The van der Waals surface area contributed by atoms with Crippen LogP contribution in [0.2, 0.25) is 0 Å². The molecule has 21 heavy (non-hydrogen) atoms. The number of aryl methyl sites for hydroxylation is 2. The molecule has 1 fully saturated rings. The van der Waals surface area contributed by atoms with E-state index < -0.39 is 0 Å². The molecule has 1 N–H and O–H groups in total. The van der Waals surface area contributed by atoms with Gasteiger partial charge in [0.05, 0.1) is 10.7 Å². The van der Waals surface area contributed by atoms with Crippen molar-refractivity contribution in [2.75, 3.05) is 18.0 Å². The van der Waals surface area contributed by atoms with Gasteiger partial charge in [-0.1, -0.05) is 0 Å². The van der Waals surface area contributed by atoms with Gasteiger partial charge in [0.2, 0.25) is 0 Å². The summed E-state index contributed by atoms with van der Waals surface area (Å²) >= 11 is 3.11. The van der Waals surface area contributed by atoms with Crippen molar-refractivity contribution < 1.29 is 4.79 Å². The molecule has 3 heterocycles. The van der Waals surface area contributed by atoms with Crippen LogP contribution in [-0.4, -0.2) is 35.0 Å². The predicted molar refractivity (Wildman–Crippen MR) is 86.4 cm³/mol. The van der Waals surface area contributed by atoms with Crippen molar-refractivity contribution in [1.29, 1.82) is 0 Å². The summed E-state index contributed by atoms with van der Waals surface area (Å²) in [5.41, 5.74) is 0.818. The zero-order chi connectivity index (χ0) is 14.8. The summed E-state index contributed by atoms with van der Waals surface area (Å²) in [5.74, 6) is -0.0101. The lowest BCUT2D eigenvalue weighted by Crippen LogP contribution is -2.40. The predicted octanol–water partition coefficient (Wildman–Crippen LogP) is 2.62. The molecule has 0 spiro atoms. The molecule has 1 saturated heterocycles. The number of hydrogen-bond acceptors (Lipinski definition) is 6. The number of carbonyl (C=O) groups excluding carboxylic acids is 1. The summed E-state index contributed by atoms with van der Waals surface area (Å²) in [7, 11) is 0. The number of hydrogen-bond donors (Lipinski definition) is 1. The van der Waals surface area contributed by atoms with E-state index in [0.717, 1.165) is 40.1 Å². The molecule has 5 nitrogen and oxygen atoms in total. The number of carbonyl (C=O) groups is 1. The highest BCUT2D eigenvalue weighted by Gasteiger charge is 2.27. The zero-order valence-corrected chi connectivity index (χ0v) is 13.8. The van der Waals surface area contributed by atoms with Gasteiger partial charge in [-0.15, -0.1) is 22.7 Å². The molecule has 2 aromatic rings. The van der Waals surface area contributed by atoms with E-state index >= 15 is 0 Å². The molecule has 112 valence electrons. The van der Waals surface area contributed by atoms with Gasteiger partial charge in [-0.2, -0.15) is 0 Å². The largest absolute Gasteiger partial charge is 0.349 e. The molecule has 2 aromatic heterocycles. The number of anilines is 1. The summed E-state index contributed by atoms with van der Waals surface area (Å²) in [6, 6.07) is 0.342. The minimum Gasteiger partial charge on any atom is -0.349 e. The third-order valence-electron chi connectivity index (χ3n) is 3.65. The normalized spacial score (nSPS) is 18.2. The third-order valence-corrected chi connectivity index (χ3v) is 5.53. The first-order chi connectivity index (χ1) is 10.1. The first-order valence-electron chi connectivity index (χ1n) is 7.03. The summed E-state index contributed by atoms with van der Waals surface area (Å²) in [5, 5.41) is 7.03. The van der Waals surface area contributed by atoms with Crippen LogP contribution in [0.5, 0.6) is 0 Å². The van der Waals surface area contributed by atoms with Crippen molar-refractivity contribution >= 4 is 33.7 Å². The second kappa shape index (κ2) is 6.11. The van der Waals surface area contributed by atoms with Crippen molar-refractivity contribution in [2.45, 2.75) is 32.7 Å². The fourth-order valence-corrected chi connectivity index (χ4v) is 4.27. The molecular formula is C14H18N4OS2. The quantitative estimate of drug-likeness (QED) is 0.940. The molecule has 7 heteroatoms. The highest BCUT2D eigenvalue weighted by atomic mass is 32.1. The Hall–Kier alpha value is -1.47. The minimum absolute atomic E-state index is 0.0101. The number of rotatable bonds is 4. The van der Waals surface area contributed by atoms with Gasteiger partial charge in [-0.25, -0.2) is 9.97 Å². The Kier molecular flexibility index (Phi) is 4.21. The van der Waals surface area contributed by atoms with E-state index in [1.165, 1.54) is 11.3 Å². The van der Waals surface area contributed by atoms with Crippen molar-refractivity contribution in [3.8, 4) is 0 Å². The van der Waals surface area contributed by atoms with E-state index in [-0.39, 0.29) is 5.91 Å². The Bertz CT molecular complexity index is 623. The van der Waals surface area contributed by atoms with Crippen molar-refractivity contribution in [3.05, 3.63) is 27.2 Å². The molecule has 3 rings (SSSR count). The van der Waals surface area contributed by atoms with Crippen LogP contribution in [0.3, 0.4) is 0 Å². The van der Waals surface area contributed by atoms with Crippen LogP contribution in [0.15, 0.2) is 11.6 Å². The lowest BCUT2D eigenvalue weighted by atomic mass is 10.2. The Morgan fingerprint density at radius 1 is 1.52 bits per heavy atom. The first kappa shape index (κ1) is 14.5. The van der Waals surface area contributed by atoms with Gasteiger partial charge in [0.15, 0.2) is 5.13 Å². The summed E-state index contributed by atoms with van der Waals surface area (Å²) in [4.78, 5) is 24.0. The number of nitrogens with zero attached hydrogens (tertiary/aromatic N) is 3. The van der Waals surface area contributed by atoms with E-state index in [4.69, 9.17) is 0 Å². The minimum atomic E-state index is -0.0101. The first-order valence-corrected chi connectivity index (χ1v) is 8.73. The highest BCUT2D eigenvalue weighted by molar-refractivity contribution is 7.14. The average molecular weight is 322 g/mol. The maximum absolute atomic E-state index is 12.3. The maximum atomic E-state index is 12.3. The van der Waals surface area contributed by atoms with E-state index in [2.05, 4.69) is 20.2 Å². The topological polar surface area (TPSA) is 58.1 Å². The van der Waals surface area contributed by atoms with Crippen LogP contribution in [0, 0.1) is 13.8 Å². The molecular weight excluding hydrogens is 304 g/mol. The van der Waals surface area contributed by atoms with Crippen molar-refractivity contribution in [3.63, 3.8) is 0 Å². The standard InChI is InChI=1S/C14H18N4OS2/c1-9-12(21-10(2)17-9)13(19)16-8-11-4-3-6-18(11)14-15-5-7-20-14/h5,7,11H,3-4,6,8H2,1-2H3,(H,16,19). The van der Waals surface area contributed by atoms with Gasteiger partial charge in [0.1, 0.15) is 4.88 Å². The molecule has 0 saturated carbocycles. The Balaban J connectivity index is 1.62. The molecule has 1 amide bonds. The second-order valence-corrected chi connectivity index (χ2v) is 7.24. The van der Waals surface area contributed by atoms with Crippen LogP contribution < -0.4 is 10.2 Å². The number of nitrogens with one attached hydrogen (secondary N) is 1. The third kappa shape index (κ3) is 3.08. The fraction of sp³-hybridized carbons (Fsp3) is 0.500. The number of thiazole rings is 2. The molecule has 0 radical (unpaired) electrons. The van der Waals surface area contributed by atoms with E-state index in [1.54, 1.807) is 11.3 Å². The van der Waals surface area contributed by atoms with Gasteiger partial charge >= 0.3 is 0 Å². The molecule has 1 unspecified atom stereocenters. The lowest BCUT2D eigenvalue weighted by molar-refractivity contribution is 0.0954. The van der Waals surface area contributed by atoms with Crippen LogP contribution >= 0.6 is 22.7 Å². The van der Waals surface area contributed by atoms with Gasteiger partial charge in [-0.05, 0) is 26.7 Å². The smallest absolute Gasteiger partial charge is 0.263 e. The molecule has 1 atom stereocenters. The van der Waals surface area contributed by atoms with E-state index in [1.807, 2.05) is 25.4 Å². The second-order valence-electron chi connectivity index (χ2n) is 5.16. The molecule has 0 aliphatic carbocycles. The summed E-state index contributed by atoms with van der Waals surface area (Å²) in [6.07, 6.45) is 4.08. The fourth-order valence-electron chi connectivity index (χ4n) is 2.69. The van der Waals surface area contributed by atoms with Crippen LogP contribution in [0.1, 0.15) is 33.2 Å². The highest BCUT2D eigenvalue weighted by Crippen LogP contribution is 2.27. The Morgan fingerprint density at radius 2 is 2.38 bits per heavy atom. The van der Waals surface area contributed by atoms with Crippen LogP contribution in [0.25, 0.3) is 0 Å². The number of amides is 1. The SMILES string of the molecule is Cc1nc(C)c(C(=O)NCC2CCCN2c2nccs2)s1. The van der Waals surface area contributed by atoms with Gasteiger partial charge in [0.25, 0.3) is 5.91 Å². The molecule has 1 aliphatic heterocycles.